The highest BCUT2D eigenvalue weighted by atomic mass is 79.9. The molecule has 1 aromatic carbocycles. The van der Waals surface area contributed by atoms with Gasteiger partial charge in [-0.15, -0.1) is 11.6 Å². The summed E-state index contributed by atoms with van der Waals surface area (Å²) >= 11 is 8.72. The van der Waals surface area contributed by atoms with Gasteiger partial charge in [0.05, 0.1) is 0 Å². The van der Waals surface area contributed by atoms with Gasteiger partial charge in [-0.3, -0.25) is 4.79 Å². The zero-order valence-corrected chi connectivity index (χ0v) is 11.7. The number of hydrogen-bond donors (Lipinski definition) is 1. The molecule has 1 saturated carbocycles. The van der Waals surface area contributed by atoms with E-state index < -0.39 is 23.1 Å². The quantitative estimate of drug-likeness (QED) is 0.837. The van der Waals surface area contributed by atoms with Gasteiger partial charge in [-0.05, 0) is 25.0 Å². The molecule has 0 unspecified atom stereocenters. The number of halogens is 4. The molecule has 1 fully saturated rings. The van der Waals surface area contributed by atoms with Crippen molar-refractivity contribution < 1.29 is 13.6 Å². The highest BCUT2D eigenvalue weighted by molar-refractivity contribution is 9.10. The fourth-order valence-corrected chi connectivity index (χ4v) is 2.41. The van der Waals surface area contributed by atoms with Gasteiger partial charge in [-0.1, -0.05) is 15.9 Å². The van der Waals surface area contributed by atoms with E-state index in [9.17, 15) is 13.6 Å². The Morgan fingerprint density at radius 2 is 1.94 bits per heavy atom. The second-order valence-corrected chi connectivity index (χ2v) is 5.74. The van der Waals surface area contributed by atoms with Crippen LogP contribution < -0.4 is 5.32 Å². The number of carbonyl (C=O) groups excluding carboxylic acids is 1. The van der Waals surface area contributed by atoms with E-state index >= 15 is 0 Å². The molecule has 98 valence electrons. The van der Waals surface area contributed by atoms with Gasteiger partial charge in [0.15, 0.2) is 0 Å². The minimum Gasteiger partial charge on any atom is -0.351 e. The SMILES string of the molecule is O=C(NCC1(CCl)CC1)c1c(F)cc(Br)cc1F. The minimum absolute atomic E-state index is 0.0838. The van der Waals surface area contributed by atoms with Crippen LogP contribution in [-0.2, 0) is 0 Å². The van der Waals surface area contributed by atoms with Crippen molar-refractivity contribution in [2.45, 2.75) is 12.8 Å². The zero-order valence-electron chi connectivity index (χ0n) is 9.40. The lowest BCUT2D eigenvalue weighted by Crippen LogP contribution is -2.32. The van der Waals surface area contributed by atoms with Gasteiger partial charge in [0.1, 0.15) is 17.2 Å². The highest BCUT2D eigenvalue weighted by Gasteiger charge is 2.42. The van der Waals surface area contributed by atoms with Crippen LogP contribution in [0.5, 0.6) is 0 Å². The number of benzene rings is 1. The summed E-state index contributed by atoms with van der Waals surface area (Å²) in [6, 6.07) is 2.12. The molecule has 1 aliphatic rings. The average molecular weight is 339 g/mol. The normalized spacial score (nSPS) is 16.4. The van der Waals surface area contributed by atoms with Crippen molar-refractivity contribution >= 4 is 33.4 Å². The summed E-state index contributed by atoms with van der Waals surface area (Å²) < 4.78 is 27.3. The molecule has 0 aromatic heterocycles. The number of hydrogen-bond acceptors (Lipinski definition) is 1. The van der Waals surface area contributed by atoms with E-state index in [1.807, 2.05) is 0 Å². The van der Waals surface area contributed by atoms with Crippen LogP contribution in [0.1, 0.15) is 23.2 Å². The first kappa shape index (κ1) is 13.7. The Balaban J connectivity index is 2.09. The Morgan fingerprint density at radius 3 is 2.39 bits per heavy atom. The van der Waals surface area contributed by atoms with Crippen LogP contribution >= 0.6 is 27.5 Å². The van der Waals surface area contributed by atoms with Crippen LogP contribution in [0, 0.1) is 17.0 Å². The molecule has 1 aliphatic carbocycles. The van der Waals surface area contributed by atoms with Gasteiger partial charge in [-0.25, -0.2) is 8.78 Å². The molecule has 1 N–H and O–H groups in total. The van der Waals surface area contributed by atoms with Crippen molar-refractivity contribution in [1.29, 1.82) is 0 Å². The molecule has 18 heavy (non-hydrogen) atoms. The van der Waals surface area contributed by atoms with Crippen LogP contribution in [0.4, 0.5) is 8.78 Å². The third kappa shape index (κ3) is 2.83. The molecular weight excluding hydrogens is 327 g/mol. The van der Waals surface area contributed by atoms with Gasteiger partial charge in [-0.2, -0.15) is 0 Å². The summed E-state index contributed by atoms with van der Waals surface area (Å²) in [5.74, 6) is -2.06. The van der Waals surface area contributed by atoms with Crippen molar-refractivity contribution in [2.24, 2.45) is 5.41 Å². The largest absolute Gasteiger partial charge is 0.351 e. The lowest BCUT2D eigenvalue weighted by Gasteiger charge is -2.13. The molecule has 2 rings (SSSR count). The molecule has 0 saturated heterocycles. The average Bonchev–Trinajstić information content (AvgIpc) is 3.05. The molecule has 6 heteroatoms. The van der Waals surface area contributed by atoms with Gasteiger partial charge in [0.25, 0.3) is 5.91 Å². The number of amides is 1. The predicted molar refractivity (Wildman–Crippen MR) is 68.8 cm³/mol. The van der Waals surface area contributed by atoms with Gasteiger partial charge in [0, 0.05) is 22.3 Å². The molecule has 0 radical (unpaired) electrons. The van der Waals surface area contributed by atoms with E-state index in [2.05, 4.69) is 21.2 Å². The van der Waals surface area contributed by atoms with Gasteiger partial charge < -0.3 is 5.32 Å². The third-order valence-corrected chi connectivity index (χ3v) is 4.12. The summed E-state index contributed by atoms with van der Waals surface area (Å²) in [5.41, 5.74) is -0.636. The molecule has 0 atom stereocenters. The van der Waals surface area contributed by atoms with E-state index in [-0.39, 0.29) is 9.89 Å². The van der Waals surface area contributed by atoms with E-state index in [0.29, 0.717) is 12.4 Å². The van der Waals surface area contributed by atoms with Gasteiger partial charge >= 0.3 is 0 Å². The lowest BCUT2D eigenvalue weighted by molar-refractivity contribution is 0.0938. The fraction of sp³-hybridized carbons (Fsp3) is 0.417. The Bertz CT molecular complexity index is 468. The maximum Gasteiger partial charge on any atom is 0.257 e. The van der Waals surface area contributed by atoms with E-state index in [0.717, 1.165) is 25.0 Å². The van der Waals surface area contributed by atoms with Gasteiger partial charge in [0.2, 0.25) is 0 Å². The number of carbonyl (C=O) groups is 1. The first-order valence-electron chi connectivity index (χ1n) is 5.46. The van der Waals surface area contributed by atoms with Crippen molar-refractivity contribution in [3.05, 3.63) is 33.8 Å². The Labute approximate surface area is 117 Å². The van der Waals surface area contributed by atoms with Crippen molar-refractivity contribution in [3.63, 3.8) is 0 Å². The van der Waals surface area contributed by atoms with Crippen LogP contribution in [0.25, 0.3) is 0 Å². The molecule has 1 amide bonds. The minimum atomic E-state index is -0.880. The molecule has 0 spiro atoms. The van der Waals surface area contributed by atoms with Crippen LogP contribution in [-0.4, -0.2) is 18.3 Å². The summed E-state index contributed by atoms with van der Waals surface area (Å²) in [4.78, 5) is 11.7. The summed E-state index contributed by atoms with van der Waals surface area (Å²) in [7, 11) is 0. The summed E-state index contributed by atoms with van der Waals surface area (Å²) in [6.45, 7) is 0.351. The maximum absolute atomic E-state index is 13.5. The summed E-state index contributed by atoms with van der Waals surface area (Å²) in [6.07, 6.45) is 1.87. The molecule has 0 aliphatic heterocycles. The van der Waals surface area contributed by atoms with Crippen molar-refractivity contribution in [3.8, 4) is 0 Å². The Hall–Kier alpha value is -0.680. The lowest BCUT2D eigenvalue weighted by atomic mass is 10.1. The number of nitrogens with one attached hydrogen (secondary N) is 1. The van der Waals surface area contributed by atoms with Crippen LogP contribution in [0.3, 0.4) is 0 Å². The Morgan fingerprint density at radius 1 is 1.39 bits per heavy atom. The predicted octanol–water partition coefficient (Wildman–Crippen LogP) is 3.48. The molecule has 0 heterocycles. The highest BCUT2D eigenvalue weighted by Crippen LogP contribution is 2.45. The smallest absolute Gasteiger partial charge is 0.257 e. The van der Waals surface area contributed by atoms with Crippen molar-refractivity contribution in [1.82, 2.24) is 5.32 Å². The second-order valence-electron chi connectivity index (χ2n) is 4.56. The van der Waals surface area contributed by atoms with E-state index in [1.165, 1.54) is 0 Å². The fourth-order valence-electron chi connectivity index (χ4n) is 1.65. The molecule has 0 bridgehead atoms. The number of alkyl halides is 1. The van der Waals surface area contributed by atoms with Crippen molar-refractivity contribution in [2.75, 3.05) is 12.4 Å². The maximum atomic E-state index is 13.5. The number of rotatable bonds is 4. The van der Waals surface area contributed by atoms with E-state index in [4.69, 9.17) is 11.6 Å². The molecule has 1 aromatic rings. The third-order valence-electron chi connectivity index (χ3n) is 3.10. The molecular formula is C12H11BrClF2NO. The van der Waals surface area contributed by atoms with Crippen LogP contribution in [0.2, 0.25) is 0 Å². The molecule has 2 nitrogen and oxygen atoms in total. The first-order valence-corrected chi connectivity index (χ1v) is 6.79. The standard InChI is InChI=1S/C12H11BrClF2NO/c13-7-3-8(15)10(9(16)4-7)11(18)17-6-12(5-14)1-2-12/h3-4H,1-2,5-6H2,(H,17,18). The topological polar surface area (TPSA) is 29.1 Å². The van der Waals surface area contributed by atoms with E-state index in [1.54, 1.807) is 0 Å². The second kappa shape index (κ2) is 5.13. The van der Waals surface area contributed by atoms with Crippen LogP contribution in [0.15, 0.2) is 16.6 Å². The summed E-state index contributed by atoms with van der Waals surface area (Å²) in [5, 5.41) is 2.54. The zero-order chi connectivity index (χ0) is 13.3. The Kier molecular flexibility index (Phi) is 3.92. The monoisotopic (exact) mass is 337 g/mol. The first-order chi connectivity index (χ1) is 8.47.